The maximum absolute atomic E-state index is 12.7. The van der Waals surface area contributed by atoms with Crippen LogP contribution in [0.2, 0.25) is 0 Å². The van der Waals surface area contributed by atoms with Gasteiger partial charge in [0, 0.05) is 12.1 Å². The van der Waals surface area contributed by atoms with E-state index in [9.17, 15) is 26.9 Å². The predicted octanol–water partition coefficient (Wildman–Crippen LogP) is 1.90. The molecule has 0 aliphatic carbocycles. The van der Waals surface area contributed by atoms with E-state index in [1.807, 2.05) is 0 Å². The van der Waals surface area contributed by atoms with E-state index in [0.717, 1.165) is 12.1 Å². The Bertz CT molecular complexity index is 997. The third-order valence-corrected chi connectivity index (χ3v) is 7.81. The summed E-state index contributed by atoms with van der Waals surface area (Å²) in [6, 6.07) is 10.8. The fourth-order valence-corrected chi connectivity index (χ4v) is 6.94. The van der Waals surface area contributed by atoms with Crippen molar-refractivity contribution in [2.75, 3.05) is 5.75 Å². The zero-order valence-corrected chi connectivity index (χ0v) is 13.2. The smallest absolute Gasteiger partial charge is 0.258 e. The molecule has 1 atom stereocenters. The van der Waals surface area contributed by atoms with Crippen LogP contribution >= 0.6 is 0 Å². The quantitative estimate of drug-likeness (QED) is 0.615. The van der Waals surface area contributed by atoms with Gasteiger partial charge >= 0.3 is 0 Å². The predicted molar refractivity (Wildman–Crippen MR) is 81.5 cm³/mol. The number of non-ortho nitro benzene ring substituents is 1. The molecule has 0 bridgehead atoms. The molecule has 0 saturated carbocycles. The Morgan fingerprint density at radius 2 is 1.74 bits per heavy atom. The van der Waals surface area contributed by atoms with E-state index in [2.05, 4.69) is 0 Å². The molecule has 9 heteroatoms. The van der Waals surface area contributed by atoms with Crippen LogP contribution in [0.3, 0.4) is 0 Å². The van der Waals surface area contributed by atoms with E-state index < -0.39 is 35.6 Å². The van der Waals surface area contributed by atoms with Gasteiger partial charge in [0.15, 0.2) is 19.7 Å². The summed E-state index contributed by atoms with van der Waals surface area (Å²) in [5.74, 6) is -0.610. The molecular weight excluding hydrogens is 342 g/mol. The molecule has 3 rings (SSSR count). The van der Waals surface area contributed by atoms with E-state index >= 15 is 0 Å². The molecule has 0 aromatic heterocycles. The summed E-state index contributed by atoms with van der Waals surface area (Å²) in [4.78, 5) is 9.83. The molecule has 2 aromatic carbocycles. The van der Waals surface area contributed by atoms with Crippen molar-refractivity contribution in [3.05, 3.63) is 64.2 Å². The fourth-order valence-electron chi connectivity index (χ4n) is 2.58. The van der Waals surface area contributed by atoms with Crippen LogP contribution in [-0.4, -0.2) is 27.5 Å². The normalized spacial score (nSPS) is 19.2. The minimum Gasteiger partial charge on any atom is -0.258 e. The van der Waals surface area contributed by atoms with Crippen molar-refractivity contribution >= 4 is 25.4 Å². The molecule has 23 heavy (non-hydrogen) atoms. The van der Waals surface area contributed by atoms with Gasteiger partial charge in [-0.25, -0.2) is 16.8 Å². The Kier molecular flexibility index (Phi) is 3.49. The average molecular weight is 353 g/mol. The second-order valence-electron chi connectivity index (χ2n) is 5.11. The molecule has 120 valence electrons. The van der Waals surface area contributed by atoms with E-state index in [0.29, 0.717) is 0 Å². The van der Waals surface area contributed by atoms with Gasteiger partial charge in [-0.1, -0.05) is 18.2 Å². The first-order chi connectivity index (χ1) is 10.7. The molecule has 0 amide bonds. The number of nitro benzene ring substituents is 1. The highest BCUT2D eigenvalue weighted by atomic mass is 32.2. The maximum Gasteiger partial charge on any atom is 0.270 e. The maximum atomic E-state index is 12.7. The van der Waals surface area contributed by atoms with Crippen molar-refractivity contribution in [2.24, 2.45) is 0 Å². The summed E-state index contributed by atoms with van der Waals surface area (Å²) < 4.78 is 49.9. The van der Waals surface area contributed by atoms with Crippen molar-refractivity contribution in [2.45, 2.75) is 15.0 Å². The van der Waals surface area contributed by atoms with E-state index in [1.54, 1.807) is 18.2 Å². The third kappa shape index (κ3) is 2.51. The van der Waals surface area contributed by atoms with E-state index in [-0.39, 0.29) is 21.0 Å². The Labute approximate surface area is 132 Å². The number of benzene rings is 2. The summed E-state index contributed by atoms with van der Waals surface area (Å²) in [5.41, 5.74) is -0.301. The molecular formula is C14H11NO6S2. The number of nitrogens with zero attached hydrogens (tertiary/aromatic N) is 1. The lowest BCUT2D eigenvalue weighted by atomic mass is 10.1. The van der Waals surface area contributed by atoms with Crippen LogP contribution in [-0.2, 0) is 19.7 Å². The van der Waals surface area contributed by atoms with Crippen molar-refractivity contribution in [3.8, 4) is 0 Å². The summed E-state index contributed by atoms with van der Waals surface area (Å²) in [6.45, 7) is 0. The van der Waals surface area contributed by atoms with Crippen LogP contribution < -0.4 is 0 Å². The lowest BCUT2D eigenvalue weighted by Gasteiger charge is -2.11. The van der Waals surface area contributed by atoms with Crippen molar-refractivity contribution in [3.63, 3.8) is 0 Å². The first kappa shape index (κ1) is 15.6. The van der Waals surface area contributed by atoms with Gasteiger partial charge in [0.2, 0.25) is 0 Å². The van der Waals surface area contributed by atoms with Gasteiger partial charge in [-0.15, -0.1) is 0 Å². The van der Waals surface area contributed by atoms with Gasteiger partial charge in [-0.3, -0.25) is 10.1 Å². The number of fused-ring (bicyclic) bond motifs is 1. The first-order valence-electron chi connectivity index (χ1n) is 6.53. The third-order valence-electron chi connectivity index (χ3n) is 3.71. The van der Waals surface area contributed by atoms with Gasteiger partial charge < -0.3 is 0 Å². The molecule has 7 nitrogen and oxygen atoms in total. The standard InChI is InChI=1S/C14H11NO6S2/c16-15(17)10-6-7-12-13(8-10)22(18,19)9-14(12)23(20,21)11-4-2-1-3-5-11/h1-8,14H,9H2. The van der Waals surface area contributed by atoms with E-state index in [4.69, 9.17) is 0 Å². The molecule has 1 unspecified atom stereocenters. The van der Waals surface area contributed by atoms with Crippen molar-refractivity contribution in [1.82, 2.24) is 0 Å². The summed E-state index contributed by atoms with van der Waals surface area (Å²) in [6.07, 6.45) is 0. The van der Waals surface area contributed by atoms with Gasteiger partial charge in [-0.2, -0.15) is 0 Å². The van der Waals surface area contributed by atoms with Gasteiger partial charge in [0.1, 0.15) is 5.25 Å². The second kappa shape index (κ2) is 5.14. The summed E-state index contributed by atoms with van der Waals surface area (Å²) >= 11 is 0. The molecule has 1 aliphatic heterocycles. The number of rotatable bonds is 3. The largest absolute Gasteiger partial charge is 0.270 e. The SMILES string of the molecule is O=[N+]([O-])c1ccc2c(c1)S(=O)(=O)CC2S(=O)(=O)c1ccccc1. The fraction of sp³-hybridized carbons (Fsp3) is 0.143. The monoisotopic (exact) mass is 353 g/mol. The molecule has 0 radical (unpaired) electrons. The Balaban J connectivity index is 2.19. The molecule has 0 spiro atoms. The molecule has 1 heterocycles. The minimum absolute atomic E-state index is 0.0198. The Morgan fingerprint density at radius 1 is 1.09 bits per heavy atom. The number of sulfone groups is 2. The van der Waals surface area contributed by atoms with Crippen LogP contribution in [0.1, 0.15) is 10.8 Å². The Morgan fingerprint density at radius 3 is 2.35 bits per heavy atom. The van der Waals surface area contributed by atoms with Crippen LogP contribution in [0.4, 0.5) is 5.69 Å². The van der Waals surface area contributed by atoms with Crippen molar-refractivity contribution < 1.29 is 21.8 Å². The zero-order chi connectivity index (χ0) is 16.8. The van der Waals surface area contributed by atoms with Gasteiger partial charge in [0.25, 0.3) is 5.69 Å². The lowest BCUT2D eigenvalue weighted by Crippen LogP contribution is -2.15. The lowest BCUT2D eigenvalue weighted by molar-refractivity contribution is -0.385. The van der Waals surface area contributed by atoms with Crippen LogP contribution in [0, 0.1) is 10.1 Å². The number of nitro groups is 1. The first-order valence-corrected chi connectivity index (χ1v) is 9.73. The highest BCUT2D eigenvalue weighted by Gasteiger charge is 2.43. The van der Waals surface area contributed by atoms with Crippen LogP contribution in [0.25, 0.3) is 0 Å². The van der Waals surface area contributed by atoms with Gasteiger partial charge in [-0.05, 0) is 23.8 Å². The molecule has 0 saturated heterocycles. The van der Waals surface area contributed by atoms with Crippen LogP contribution in [0.15, 0.2) is 58.3 Å². The summed E-state index contributed by atoms with van der Waals surface area (Å²) in [7, 11) is -7.79. The number of hydrogen-bond donors (Lipinski definition) is 0. The molecule has 2 aromatic rings. The molecule has 0 N–H and O–H groups in total. The zero-order valence-electron chi connectivity index (χ0n) is 11.6. The number of hydrogen-bond acceptors (Lipinski definition) is 6. The Hall–Kier alpha value is -2.26. The van der Waals surface area contributed by atoms with Gasteiger partial charge in [0.05, 0.1) is 20.5 Å². The molecule has 1 aliphatic rings. The topological polar surface area (TPSA) is 111 Å². The van der Waals surface area contributed by atoms with Crippen LogP contribution in [0.5, 0.6) is 0 Å². The summed E-state index contributed by atoms with van der Waals surface area (Å²) in [5, 5.41) is 9.55. The van der Waals surface area contributed by atoms with E-state index in [1.165, 1.54) is 18.2 Å². The highest BCUT2D eigenvalue weighted by Crippen LogP contribution is 2.42. The van der Waals surface area contributed by atoms with Crippen molar-refractivity contribution in [1.29, 1.82) is 0 Å². The highest BCUT2D eigenvalue weighted by molar-refractivity contribution is 7.96. The minimum atomic E-state index is -3.91. The second-order valence-corrected chi connectivity index (χ2v) is 9.24. The average Bonchev–Trinajstić information content (AvgIpc) is 2.80. The molecule has 0 fully saturated rings.